The number of carbonyl (C=O) groups is 1. The SMILES string of the molecule is Cc1ccccc1OCC(=O)NCC1(O)CCCCC1. The normalized spacial score (nSPS) is 17.5. The Morgan fingerprint density at radius 2 is 2.00 bits per heavy atom. The van der Waals surface area contributed by atoms with Crippen molar-refractivity contribution in [3.63, 3.8) is 0 Å². The molecule has 1 aliphatic carbocycles. The molecule has 0 heterocycles. The third kappa shape index (κ3) is 4.23. The van der Waals surface area contributed by atoms with Gasteiger partial charge in [0.15, 0.2) is 6.61 Å². The van der Waals surface area contributed by atoms with Gasteiger partial charge in [-0.25, -0.2) is 0 Å². The van der Waals surface area contributed by atoms with Gasteiger partial charge in [0.05, 0.1) is 5.60 Å². The average molecular weight is 277 g/mol. The quantitative estimate of drug-likeness (QED) is 0.867. The number of rotatable bonds is 5. The summed E-state index contributed by atoms with van der Waals surface area (Å²) in [4.78, 5) is 11.8. The summed E-state index contributed by atoms with van der Waals surface area (Å²) in [5.41, 5.74) is 0.280. The smallest absolute Gasteiger partial charge is 0.258 e. The van der Waals surface area contributed by atoms with Gasteiger partial charge in [-0.05, 0) is 31.4 Å². The van der Waals surface area contributed by atoms with E-state index >= 15 is 0 Å². The number of hydrogen-bond acceptors (Lipinski definition) is 3. The summed E-state index contributed by atoms with van der Waals surface area (Å²) in [6, 6.07) is 7.60. The van der Waals surface area contributed by atoms with Crippen LogP contribution in [0, 0.1) is 6.92 Å². The summed E-state index contributed by atoms with van der Waals surface area (Å²) in [5.74, 6) is 0.534. The van der Waals surface area contributed by atoms with Crippen molar-refractivity contribution >= 4 is 5.91 Å². The van der Waals surface area contributed by atoms with Gasteiger partial charge in [0.2, 0.25) is 0 Å². The number of ether oxygens (including phenoxy) is 1. The molecule has 2 rings (SSSR count). The van der Waals surface area contributed by atoms with Crippen molar-refractivity contribution in [3.05, 3.63) is 29.8 Å². The van der Waals surface area contributed by atoms with E-state index in [0.29, 0.717) is 6.54 Å². The van der Waals surface area contributed by atoms with Gasteiger partial charge in [-0.15, -0.1) is 0 Å². The molecule has 4 heteroatoms. The van der Waals surface area contributed by atoms with E-state index in [1.54, 1.807) is 0 Å². The first-order valence-electron chi connectivity index (χ1n) is 7.27. The lowest BCUT2D eigenvalue weighted by molar-refractivity contribution is -0.124. The molecule has 1 aromatic rings. The highest BCUT2D eigenvalue weighted by atomic mass is 16.5. The molecule has 1 amide bonds. The maximum atomic E-state index is 11.8. The number of amides is 1. The standard InChI is InChI=1S/C16H23NO3/c1-13-7-3-4-8-14(13)20-11-15(18)17-12-16(19)9-5-2-6-10-16/h3-4,7-8,19H,2,5-6,9-12H2,1H3,(H,17,18). The van der Waals surface area contributed by atoms with Gasteiger partial charge in [-0.2, -0.15) is 0 Å². The first kappa shape index (κ1) is 14.9. The Hall–Kier alpha value is -1.55. The van der Waals surface area contributed by atoms with E-state index in [9.17, 15) is 9.90 Å². The molecular weight excluding hydrogens is 254 g/mol. The summed E-state index contributed by atoms with van der Waals surface area (Å²) < 4.78 is 5.48. The summed E-state index contributed by atoms with van der Waals surface area (Å²) in [6.07, 6.45) is 4.78. The fourth-order valence-electron chi connectivity index (χ4n) is 2.56. The molecule has 2 N–H and O–H groups in total. The Kier molecular flexibility index (Phi) is 5.01. The molecule has 0 aromatic heterocycles. The van der Waals surface area contributed by atoms with Crippen LogP contribution in [0.4, 0.5) is 0 Å². The maximum absolute atomic E-state index is 11.8. The lowest BCUT2D eigenvalue weighted by Crippen LogP contribution is -2.45. The molecule has 110 valence electrons. The highest BCUT2D eigenvalue weighted by Crippen LogP contribution is 2.27. The molecular formula is C16H23NO3. The summed E-state index contributed by atoms with van der Waals surface area (Å²) >= 11 is 0. The van der Waals surface area contributed by atoms with Crippen LogP contribution in [0.15, 0.2) is 24.3 Å². The molecule has 0 radical (unpaired) electrons. The number of carbonyl (C=O) groups excluding carboxylic acids is 1. The molecule has 0 bridgehead atoms. The van der Waals surface area contributed by atoms with Crippen LogP contribution in [0.5, 0.6) is 5.75 Å². The lowest BCUT2D eigenvalue weighted by atomic mass is 9.85. The molecule has 0 saturated heterocycles. The van der Waals surface area contributed by atoms with Crippen molar-refractivity contribution in [1.29, 1.82) is 0 Å². The molecule has 1 fully saturated rings. The number of aryl methyl sites for hydroxylation is 1. The van der Waals surface area contributed by atoms with E-state index in [0.717, 1.165) is 37.0 Å². The first-order chi connectivity index (χ1) is 9.59. The Morgan fingerprint density at radius 3 is 2.70 bits per heavy atom. The molecule has 1 aliphatic rings. The zero-order chi connectivity index (χ0) is 14.4. The largest absolute Gasteiger partial charge is 0.484 e. The third-order valence-electron chi connectivity index (χ3n) is 3.85. The highest BCUT2D eigenvalue weighted by Gasteiger charge is 2.29. The molecule has 0 unspecified atom stereocenters. The van der Waals surface area contributed by atoms with E-state index in [2.05, 4.69) is 5.32 Å². The van der Waals surface area contributed by atoms with Crippen molar-refractivity contribution in [3.8, 4) is 5.75 Å². The molecule has 1 aromatic carbocycles. The number of benzene rings is 1. The average Bonchev–Trinajstić information content (AvgIpc) is 2.45. The van der Waals surface area contributed by atoms with Gasteiger partial charge in [0.25, 0.3) is 5.91 Å². The van der Waals surface area contributed by atoms with E-state index in [-0.39, 0.29) is 12.5 Å². The third-order valence-corrected chi connectivity index (χ3v) is 3.85. The van der Waals surface area contributed by atoms with E-state index in [1.807, 2.05) is 31.2 Å². The van der Waals surface area contributed by atoms with Crippen molar-refractivity contribution in [2.75, 3.05) is 13.2 Å². The molecule has 0 spiro atoms. The van der Waals surface area contributed by atoms with Gasteiger partial charge in [-0.1, -0.05) is 37.5 Å². The predicted molar refractivity (Wildman–Crippen MR) is 77.7 cm³/mol. The van der Waals surface area contributed by atoms with Gasteiger partial charge in [0, 0.05) is 6.54 Å². The Bertz CT molecular complexity index is 453. The number of nitrogens with one attached hydrogen (secondary N) is 1. The minimum absolute atomic E-state index is 0.0130. The highest BCUT2D eigenvalue weighted by molar-refractivity contribution is 5.77. The second-order valence-electron chi connectivity index (χ2n) is 5.62. The van der Waals surface area contributed by atoms with Crippen molar-refractivity contribution < 1.29 is 14.6 Å². The summed E-state index contributed by atoms with van der Waals surface area (Å²) in [7, 11) is 0. The van der Waals surface area contributed by atoms with Crippen LogP contribution >= 0.6 is 0 Å². The van der Waals surface area contributed by atoms with E-state index in [4.69, 9.17) is 4.74 Å². The first-order valence-corrected chi connectivity index (χ1v) is 7.27. The van der Waals surface area contributed by atoms with Gasteiger partial charge >= 0.3 is 0 Å². The van der Waals surface area contributed by atoms with Crippen LogP contribution in [0.25, 0.3) is 0 Å². The number of para-hydroxylation sites is 1. The number of aliphatic hydroxyl groups is 1. The van der Waals surface area contributed by atoms with Crippen LogP contribution in [-0.4, -0.2) is 29.8 Å². The summed E-state index contributed by atoms with van der Waals surface area (Å²) in [6.45, 7) is 2.25. The molecule has 0 atom stereocenters. The minimum atomic E-state index is -0.726. The van der Waals surface area contributed by atoms with Crippen molar-refractivity contribution in [2.45, 2.75) is 44.6 Å². The van der Waals surface area contributed by atoms with Crippen LogP contribution in [0.1, 0.15) is 37.7 Å². The van der Waals surface area contributed by atoms with Gasteiger partial charge in [0.1, 0.15) is 5.75 Å². The molecule has 0 aliphatic heterocycles. The van der Waals surface area contributed by atoms with E-state index in [1.165, 1.54) is 6.42 Å². The molecule has 20 heavy (non-hydrogen) atoms. The van der Waals surface area contributed by atoms with Crippen LogP contribution in [-0.2, 0) is 4.79 Å². The van der Waals surface area contributed by atoms with Crippen LogP contribution < -0.4 is 10.1 Å². The van der Waals surface area contributed by atoms with Crippen LogP contribution in [0.2, 0.25) is 0 Å². The maximum Gasteiger partial charge on any atom is 0.258 e. The second kappa shape index (κ2) is 6.75. The Labute approximate surface area is 120 Å². The summed E-state index contributed by atoms with van der Waals surface area (Å²) in [5, 5.41) is 13.1. The van der Waals surface area contributed by atoms with Crippen molar-refractivity contribution in [2.24, 2.45) is 0 Å². The van der Waals surface area contributed by atoms with E-state index < -0.39 is 5.60 Å². The fourth-order valence-corrected chi connectivity index (χ4v) is 2.56. The second-order valence-corrected chi connectivity index (χ2v) is 5.62. The van der Waals surface area contributed by atoms with Gasteiger partial charge < -0.3 is 15.2 Å². The Morgan fingerprint density at radius 1 is 1.30 bits per heavy atom. The predicted octanol–water partition coefficient (Wildman–Crippen LogP) is 2.19. The zero-order valence-corrected chi connectivity index (χ0v) is 12.0. The zero-order valence-electron chi connectivity index (χ0n) is 12.0. The lowest BCUT2D eigenvalue weighted by Gasteiger charge is -2.32. The minimum Gasteiger partial charge on any atom is -0.484 e. The molecule has 4 nitrogen and oxygen atoms in total. The van der Waals surface area contributed by atoms with Crippen molar-refractivity contribution in [1.82, 2.24) is 5.32 Å². The fraction of sp³-hybridized carbons (Fsp3) is 0.562. The molecule has 1 saturated carbocycles. The van der Waals surface area contributed by atoms with Crippen LogP contribution in [0.3, 0.4) is 0 Å². The number of hydrogen-bond donors (Lipinski definition) is 2. The van der Waals surface area contributed by atoms with Gasteiger partial charge in [-0.3, -0.25) is 4.79 Å². The topological polar surface area (TPSA) is 58.6 Å². The Balaban J connectivity index is 1.74. The monoisotopic (exact) mass is 277 g/mol.